The molecule has 0 saturated carbocycles. The van der Waals surface area contributed by atoms with Crippen molar-refractivity contribution in [3.63, 3.8) is 0 Å². The molecule has 38 heavy (non-hydrogen) atoms. The van der Waals surface area contributed by atoms with E-state index < -0.39 is 11.7 Å². The Labute approximate surface area is 221 Å². The maximum absolute atomic E-state index is 13.3. The number of nitrogens with one attached hydrogen (secondary N) is 2. The minimum atomic E-state index is -0.524. The number of hydrogen-bond acceptors (Lipinski definition) is 7. The van der Waals surface area contributed by atoms with Gasteiger partial charge in [0.2, 0.25) is 5.91 Å². The first-order valence-corrected chi connectivity index (χ1v) is 12.6. The number of imide groups is 1. The Morgan fingerprint density at radius 3 is 2.58 bits per heavy atom. The van der Waals surface area contributed by atoms with Crippen molar-refractivity contribution in [1.82, 2.24) is 19.6 Å². The van der Waals surface area contributed by atoms with Gasteiger partial charge in [-0.05, 0) is 51.0 Å². The van der Waals surface area contributed by atoms with Crippen LogP contribution in [0.3, 0.4) is 0 Å². The Balaban J connectivity index is 1.36. The normalized spacial score (nSPS) is 14.1. The van der Waals surface area contributed by atoms with Gasteiger partial charge in [0.05, 0.1) is 19.9 Å². The molecule has 0 spiro atoms. The lowest BCUT2D eigenvalue weighted by Crippen LogP contribution is -2.52. The van der Waals surface area contributed by atoms with Crippen LogP contribution in [0.2, 0.25) is 0 Å². The van der Waals surface area contributed by atoms with Crippen LogP contribution in [0.1, 0.15) is 39.2 Å². The lowest BCUT2D eigenvalue weighted by atomic mass is 10.2. The second-order valence-electron chi connectivity index (χ2n) is 9.98. The predicted octanol–water partition coefficient (Wildman–Crippen LogP) is 4.03. The Hall–Kier alpha value is -4.28. The van der Waals surface area contributed by atoms with Crippen molar-refractivity contribution in [2.75, 3.05) is 37.0 Å². The molecule has 3 heterocycles. The fourth-order valence-corrected chi connectivity index (χ4v) is 4.07. The maximum Gasteiger partial charge on any atom is 0.407 e. The van der Waals surface area contributed by atoms with E-state index in [0.29, 0.717) is 36.7 Å². The van der Waals surface area contributed by atoms with E-state index in [2.05, 4.69) is 15.6 Å². The molecule has 0 radical (unpaired) electrons. The topological polar surface area (TPSA) is 118 Å². The first kappa shape index (κ1) is 26.8. The highest BCUT2D eigenvalue weighted by Gasteiger charge is 2.34. The van der Waals surface area contributed by atoms with Crippen LogP contribution in [-0.4, -0.2) is 64.7 Å². The molecule has 0 bridgehead atoms. The molecule has 0 unspecified atom stereocenters. The van der Waals surface area contributed by atoms with Crippen LogP contribution in [0.25, 0.3) is 5.65 Å². The molecule has 11 nitrogen and oxygen atoms in total. The Morgan fingerprint density at radius 1 is 1.11 bits per heavy atom. The number of urea groups is 1. The fourth-order valence-electron chi connectivity index (χ4n) is 4.07. The van der Waals surface area contributed by atoms with E-state index in [9.17, 15) is 14.4 Å². The minimum Gasteiger partial charge on any atom is -0.497 e. The number of amides is 4. The van der Waals surface area contributed by atoms with Crippen LogP contribution >= 0.6 is 0 Å². The molecule has 11 heteroatoms. The van der Waals surface area contributed by atoms with Gasteiger partial charge in [-0.25, -0.2) is 14.6 Å². The molecule has 3 aromatic rings. The number of carbonyl (C=O) groups excluding carboxylic acids is 3. The second kappa shape index (κ2) is 11.4. The van der Waals surface area contributed by atoms with Crippen LogP contribution < -0.4 is 20.3 Å². The fraction of sp³-hybridized carbons (Fsp3) is 0.407. The predicted molar refractivity (Wildman–Crippen MR) is 143 cm³/mol. The molecular weight excluding hydrogens is 488 g/mol. The molecule has 1 fully saturated rings. The van der Waals surface area contributed by atoms with Gasteiger partial charge >= 0.3 is 12.1 Å². The summed E-state index contributed by atoms with van der Waals surface area (Å²) in [5, 5.41) is 6.05. The molecule has 202 valence electrons. The standard InChI is InChI=1S/C27H34N6O5/c1-27(2,3)38-25(35)29-13-5-12-28-20-10-14-31-22(16-20)30-17-23(31)32-15-11-24(34)33(26(32)36)18-19-6-8-21(37-4)9-7-19/h6-10,14,16-17,28H,5,11-13,15,18H2,1-4H3,(H,29,35). The zero-order valence-electron chi connectivity index (χ0n) is 22.2. The largest absolute Gasteiger partial charge is 0.497 e. The first-order valence-electron chi connectivity index (χ1n) is 12.6. The summed E-state index contributed by atoms with van der Waals surface area (Å²) in [6, 6.07) is 10.7. The number of nitrogens with zero attached hydrogens (tertiary/aromatic N) is 4. The van der Waals surface area contributed by atoms with E-state index >= 15 is 0 Å². The number of fused-ring (bicyclic) bond motifs is 1. The highest BCUT2D eigenvalue weighted by atomic mass is 16.6. The number of alkyl carbamates (subject to hydrolysis) is 1. The van der Waals surface area contributed by atoms with Gasteiger partial charge in [-0.1, -0.05) is 12.1 Å². The van der Waals surface area contributed by atoms with Gasteiger partial charge in [0.15, 0.2) is 0 Å². The second-order valence-corrected chi connectivity index (χ2v) is 9.98. The van der Waals surface area contributed by atoms with Crippen molar-refractivity contribution in [3.05, 3.63) is 54.4 Å². The number of anilines is 2. The SMILES string of the molecule is COc1ccc(CN2C(=O)CCN(c3cnc4cc(NCCCNC(=O)OC(C)(C)C)ccn34)C2=O)cc1. The Kier molecular flexibility index (Phi) is 8.04. The lowest BCUT2D eigenvalue weighted by Gasteiger charge is -2.33. The van der Waals surface area contributed by atoms with Crippen LogP contribution in [0, 0.1) is 0 Å². The molecule has 0 atom stereocenters. The van der Waals surface area contributed by atoms with Crippen molar-refractivity contribution in [2.24, 2.45) is 0 Å². The van der Waals surface area contributed by atoms with Crippen LogP contribution in [0.5, 0.6) is 5.75 Å². The van der Waals surface area contributed by atoms with Gasteiger partial charge < -0.3 is 20.1 Å². The summed E-state index contributed by atoms with van der Waals surface area (Å²) in [5.41, 5.74) is 1.85. The third-order valence-corrected chi connectivity index (χ3v) is 5.93. The number of hydrogen-bond donors (Lipinski definition) is 2. The quantitative estimate of drug-likeness (QED) is 0.408. The molecule has 2 aromatic heterocycles. The van der Waals surface area contributed by atoms with E-state index in [1.165, 1.54) is 4.90 Å². The maximum atomic E-state index is 13.3. The van der Waals surface area contributed by atoms with Crippen molar-refractivity contribution in [2.45, 2.75) is 45.8 Å². The molecule has 4 amide bonds. The Bertz CT molecular complexity index is 1300. The molecule has 1 aliphatic heterocycles. The summed E-state index contributed by atoms with van der Waals surface area (Å²) in [7, 11) is 1.59. The van der Waals surface area contributed by atoms with E-state index in [1.807, 2.05) is 55.6 Å². The van der Waals surface area contributed by atoms with Gasteiger partial charge in [-0.3, -0.25) is 19.0 Å². The number of benzene rings is 1. The van der Waals surface area contributed by atoms with Crippen LogP contribution in [-0.2, 0) is 16.1 Å². The summed E-state index contributed by atoms with van der Waals surface area (Å²) < 4.78 is 12.2. The average Bonchev–Trinajstić information content (AvgIpc) is 3.29. The number of rotatable bonds is 9. The van der Waals surface area contributed by atoms with Crippen LogP contribution in [0.4, 0.5) is 21.1 Å². The summed E-state index contributed by atoms with van der Waals surface area (Å²) in [4.78, 5) is 45.0. The molecule has 0 aliphatic carbocycles. The highest BCUT2D eigenvalue weighted by molar-refractivity contribution is 6.05. The lowest BCUT2D eigenvalue weighted by molar-refractivity contribution is -0.129. The van der Waals surface area contributed by atoms with E-state index in [0.717, 1.165) is 11.3 Å². The van der Waals surface area contributed by atoms with Crippen molar-refractivity contribution < 1.29 is 23.9 Å². The van der Waals surface area contributed by atoms with E-state index in [1.54, 1.807) is 30.3 Å². The summed E-state index contributed by atoms with van der Waals surface area (Å²) in [6.45, 7) is 7.08. The smallest absolute Gasteiger partial charge is 0.407 e. The molecule has 2 N–H and O–H groups in total. The number of pyridine rings is 1. The van der Waals surface area contributed by atoms with Gasteiger partial charge in [-0.15, -0.1) is 0 Å². The third kappa shape index (κ3) is 6.53. The number of imidazole rings is 1. The summed E-state index contributed by atoms with van der Waals surface area (Å²) in [5.74, 6) is 1.11. The average molecular weight is 523 g/mol. The molecule has 1 aromatic carbocycles. The zero-order valence-corrected chi connectivity index (χ0v) is 22.2. The van der Waals surface area contributed by atoms with Crippen molar-refractivity contribution in [3.8, 4) is 5.75 Å². The van der Waals surface area contributed by atoms with Gasteiger partial charge in [0.1, 0.15) is 22.8 Å². The summed E-state index contributed by atoms with van der Waals surface area (Å²) >= 11 is 0. The van der Waals surface area contributed by atoms with E-state index in [-0.39, 0.29) is 31.4 Å². The van der Waals surface area contributed by atoms with E-state index in [4.69, 9.17) is 9.47 Å². The number of aromatic nitrogens is 2. The third-order valence-electron chi connectivity index (χ3n) is 5.93. The van der Waals surface area contributed by atoms with Gasteiger partial charge in [0.25, 0.3) is 0 Å². The zero-order chi connectivity index (χ0) is 27.3. The molecule has 1 aliphatic rings. The number of carbonyl (C=O) groups is 3. The first-order chi connectivity index (χ1) is 18.1. The number of methoxy groups -OCH3 is 1. The minimum absolute atomic E-state index is 0.186. The van der Waals surface area contributed by atoms with Gasteiger partial charge in [0, 0.05) is 44.0 Å². The number of ether oxygens (including phenoxy) is 2. The van der Waals surface area contributed by atoms with Crippen LogP contribution in [0.15, 0.2) is 48.8 Å². The molecular formula is C27H34N6O5. The molecule has 1 saturated heterocycles. The molecule has 4 rings (SSSR count). The van der Waals surface area contributed by atoms with Crippen molar-refractivity contribution >= 4 is 35.2 Å². The monoisotopic (exact) mass is 522 g/mol. The van der Waals surface area contributed by atoms with Gasteiger partial charge in [-0.2, -0.15) is 0 Å². The Morgan fingerprint density at radius 2 is 1.87 bits per heavy atom. The summed E-state index contributed by atoms with van der Waals surface area (Å²) in [6.07, 6.45) is 4.00. The highest BCUT2D eigenvalue weighted by Crippen LogP contribution is 2.25. The van der Waals surface area contributed by atoms with Crippen molar-refractivity contribution in [1.29, 1.82) is 0 Å².